The van der Waals surface area contributed by atoms with Gasteiger partial charge in [-0.3, -0.25) is 4.79 Å². The van der Waals surface area contributed by atoms with Gasteiger partial charge in [0.1, 0.15) is 0 Å². The summed E-state index contributed by atoms with van der Waals surface area (Å²) in [4.78, 5) is 19.4. The van der Waals surface area contributed by atoms with Crippen LogP contribution in [0.15, 0.2) is 35.4 Å². The van der Waals surface area contributed by atoms with Crippen LogP contribution in [0.2, 0.25) is 0 Å². The molecular formula is C16H18N4O3S. The molecular weight excluding hydrogens is 328 g/mol. The van der Waals surface area contributed by atoms with Crippen LogP contribution in [0.1, 0.15) is 23.8 Å². The molecule has 0 bridgehead atoms. The number of nitrogens with zero attached hydrogens (tertiary/aromatic N) is 1. The summed E-state index contributed by atoms with van der Waals surface area (Å²) in [6.07, 6.45) is 2.26. The number of nitrogens with one attached hydrogen (secondary N) is 3. The molecule has 3 aromatic rings. The topological polar surface area (TPSA) is 104 Å². The Hall–Kier alpha value is -2.45. The van der Waals surface area contributed by atoms with Crippen LogP contribution >= 0.6 is 0 Å². The van der Waals surface area contributed by atoms with E-state index in [2.05, 4.69) is 20.0 Å². The Morgan fingerprint density at radius 1 is 1.25 bits per heavy atom. The first kappa shape index (κ1) is 16.4. The average molecular weight is 346 g/mol. The van der Waals surface area contributed by atoms with Crippen molar-refractivity contribution in [3.8, 4) is 0 Å². The fourth-order valence-corrected chi connectivity index (χ4v) is 3.74. The summed E-state index contributed by atoms with van der Waals surface area (Å²) >= 11 is 0. The Balaban J connectivity index is 2.20. The van der Waals surface area contributed by atoms with Crippen molar-refractivity contribution in [3.05, 3.63) is 36.2 Å². The number of aromatic nitrogens is 2. The van der Waals surface area contributed by atoms with Gasteiger partial charge in [0, 0.05) is 36.1 Å². The molecule has 2 aromatic heterocycles. The van der Waals surface area contributed by atoms with Gasteiger partial charge < -0.3 is 10.3 Å². The zero-order valence-electron chi connectivity index (χ0n) is 13.4. The van der Waals surface area contributed by atoms with Gasteiger partial charge in [-0.1, -0.05) is 6.92 Å². The van der Waals surface area contributed by atoms with E-state index in [9.17, 15) is 13.2 Å². The number of rotatable bonds is 5. The zero-order chi connectivity index (χ0) is 17.3. The first-order valence-corrected chi connectivity index (χ1v) is 9.08. The van der Waals surface area contributed by atoms with Crippen LogP contribution in [-0.2, 0) is 10.0 Å². The van der Waals surface area contributed by atoms with E-state index in [0.717, 1.165) is 22.7 Å². The highest BCUT2D eigenvalue weighted by molar-refractivity contribution is 7.89. The molecule has 0 saturated carbocycles. The van der Waals surface area contributed by atoms with Gasteiger partial charge in [-0.15, -0.1) is 0 Å². The van der Waals surface area contributed by atoms with E-state index in [1.165, 1.54) is 13.2 Å². The number of aromatic amines is 1. The van der Waals surface area contributed by atoms with E-state index in [4.69, 9.17) is 0 Å². The lowest BCUT2D eigenvalue weighted by Gasteiger charge is -2.05. The second kappa shape index (κ2) is 6.21. The molecule has 8 heteroatoms. The summed E-state index contributed by atoms with van der Waals surface area (Å²) in [5.41, 5.74) is 1.61. The molecule has 3 N–H and O–H groups in total. The Kier molecular flexibility index (Phi) is 4.25. The van der Waals surface area contributed by atoms with E-state index < -0.39 is 10.0 Å². The predicted molar refractivity (Wildman–Crippen MR) is 92.5 cm³/mol. The lowest BCUT2D eigenvalue weighted by Crippen LogP contribution is -2.24. The monoisotopic (exact) mass is 346 g/mol. The highest BCUT2D eigenvalue weighted by Crippen LogP contribution is 2.28. The van der Waals surface area contributed by atoms with Crippen molar-refractivity contribution in [2.75, 3.05) is 13.6 Å². The first-order chi connectivity index (χ1) is 11.5. The number of hydrogen-bond donors (Lipinski definition) is 3. The minimum atomic E-state index is -3.55. The van der Waals surface area contributed by atoms with Crippen LogP contribution in [0.3, 0.4) is 0 Å². The number of fused-ring (bicyclic) bond motifs is 3. The van der Waals surface area contributed by atoms with E-state index in [1.54, 1.807) is 24.3 Å². The summed E-state index contributed by atoms with van der Waals surface area (Å²) in [6, 6.07) is 6.61. The number of H-pyrrole nitrogens is 1. The number of hydrogen-bond acceptors (Lipinski definition) is 4. The van der Waals surface area contributed by atoms with Gasteiger partial charge in [0.2, 0.25) is 10.0 Å². The largest absolute Gasteiger partial charge is 0.354 e. The molecule has 0 spiro atoms. The van der Waals surface area contributed by atoms with Gasteiger partial charge in [-0.05, 0) is 30.7 Å². The second-order valence-electron chi connectivity index (χ2n) is 5.39. The summed E-state index contributed by atoms with van der Waals surface area (Å²) in [6.45, 7) is 2.29. The molecule has 0 atom stereocenters. The molecule has 24 heavy (non-hydrogen) atoms. The second-order valence-corrected chi connectivity index (χ2v) is 7.16. The fourth-order valence-electron chi connectivity index (χ4n) is 2.58. The fraction of sp³-hybridized carbons (Fsp3) is 0.250. The third-order valence-electron chi connectivity index (χ3n) is 3.79. The quantitative estimate of drug-likeness (QED) is 0.655. The minimum Gasteiger partial charge on any atom is -0.354 e. The van der Waals surface area contributed by atoms with Gasteiger partial charge in [0.25, 0.3) is 5.91 Å². The van der Waals surface area contributed by atoms with Crippen LogP contribution in [0, 0.1) is 0 Å². The standard InChI is InChI=1S/C16H18N4O3S/c1-3-7-19-24(22,23)10-4-5-13-12(9-10)11-6-8-18-15(14(11)20-13)16(21)17-2/h4-6,8-9,19-20H,3,7H2,1-2H3,(H,17,21). The predicted octanol–water partition coefficient (Wildman–Crippen LogP) is 1.76. The molecule has 0 aliphatic carbocycles. The normalized spacial score (nSPS) is 11.9. The number of carbonyl (C=O) groups is 1. The first-order valence-electron chi connectivity index (χ1n) is 7.60. The lowest BCUT2D eigenvalue weighted by atomic mass is 10.1. The Morgan fingerprint density at radius 2 is 2.04 bits per heavy atom. The molecule has 3 rings (SSSR count). The molecule has 2 heterocycles. The highest BCUT2D eigenvalue weighted by atomic mass is 32.2. The SMILES string of the molecule is CCCNS(=O)(=O)c1ccc2[nH]c3c(C(=O)NC)nccc3c2c1. The number of sulfonamides is 1. The van der Waals surface area contributed by atoms with Gasteiger partial charge in [0.15, 0.2) is 5.69 Å². The van der Waals surface area contributed by atoms with Crippen LogP contribution in [-0.4, -0.2) is 37.9 Å². The average Bonchev–Trinajstić information content (AvgIpc) is 2.97. The Labute approximate surface area is 139 Å². The van der Waals surface area contributed by atoms with Crippen LogP contribution in [0.25, 0.3) is 21.8 Å². The van der Waals surface area contributed by atoms with Crippen molar-refractivity contribution in [2.45, 2.75) is 18.2 Å². The Bertz CT molecular complexity index is 1020. The molecule has 1 amide bonds. The number of amides is 1. The van der Waals surface area contributed by atoms with E-state index in [1.807, 2.05) is 6.92 Å². The van der Waals surface area contributed by atoms with Crippen molar-refractivity contribution >= 4 is 37.7 Å². The van der Waals surface area contributed by atoms with Crippen molar-refractivity contribution in [1.82, 2.24) is 20.0 Å². The molecule has 0 unspecified atom stereocenters. The van der Waals surface area contributed by atoms with Gasteiger partial charge in [-0.25, -0.2) is 18.1 Å². The van der Waals surface area contributed by atoms with Crippen LogP contribution in [0.5, 0.6) is 0 Å². The van der Waals surface area contributed by atoms with Crippen molar-refractivity contribution in [1.29, 1.82) is 0 Å². The summed E-state index contributed by atoms with van der Waals surface area (Å²) in [5, 5.41) is 4.04. The number of pyridine rings is 1. The molecule has 0 saturated heterocycles. The van der Waals surface area contributed by atoms with E-state index >= 15 is 0 Å². The molecule has 126 valence electrons. The number of carbonyl (C=O) groups excluding carboxylic acids is 1. The number of benzene rings is 1. The Morgan fingerprint density at radius 3 is 2.75 bits per heavy atom. The smallest absolute Gasteiger partial charge is 0.271 e. The van der Waals surface area contributed by atoms with E-state index in [-0.39, 0.29) is 16.5 Å². The van der Waals surface area contributed by atoms with Crippen LogP contribution in [0.4, 0.5) is 0 Å². The maximum atomic E-state index is 12.3. The van der Waals surface area contributed by atoms with Gasteiger partial charge >= 0.3 is 0 Å². The lowest BCUT2D eigenvalue weighted by molar-refractivity contribution is 0.0960. The van der Waals surface area contributed by atoms with Gasteiger partial charge in [0.05, 0.1) is 10.4 Å². The van der Waals surface area contributed by atoms with Crippen molar-refractivity contribution < 1.29 is 13.2 Å². The third-order valence-corrected chi connectivity index (χ3v) is 5.25. The molecule has 0 aliphatic rings. The molecule has 0 radical (unpaired) electrons. The minimum absolute atomic E-state index is 0.197. The summed E-state index contributed by atoms with van der Waals surface area (Å²) < 4.78 is 27.2. The maximum Gasteiger partial charge on any atom is 0.271 e. The van der Waals surface area contributed by atoms with E-state index in [0.29, 0.717) is 12.1 Å². The highest BCUT2D eigenvalue weighted by Gasteiger charge is 2.18. The zero-order valence-corrected chi connectivity index (χ0v) is 14.2. The molecule has 0 fully saturated rings. The molecule has 0 aliphatic heterocycles. The third kappa shape index (κ3) is 2.74. The molecule has 1 aromatic carbocycles. The maximum absolute atomic E-state index is 12.3. The van der Waals surface area contributed by atoms with Gasteiger partial charge in [-0.2, -0.15) is 0 Å². The summed E-state index contributed by atoms with van der Waals surface area (Å²) in [5.74, 6) is -0.301. The molecule has 7 nitrogen and oxygen atoms in total. The van der Waals surface area contributed by atoms with Crippen LogP contribution < -0.4 is 10.0 Å². The van der Waals surface area contributed by atoms with Crippen molar-refractivity contribution in [2.24, 2.45) is 0 Å². The summed E-state index contributed by atoms with van der Waals surface area (Å²) in [7, 11) is -2.01. The van der Waals surface area contributed by atoms with Crippen molar-refractivity contribution in [3.63, 3.8) is 0 Å².